The molecule has 7 nitrogen and oxygen atoms in total. The molecule has 0 aromatic carbocycles. The minimum atomic E-state index is -5.08. The van der Waals surface area contributed by atoms with Gasteiger partial charge in [0.1, 0.15) is 11.5 Å². The van der Waals surface area contributed by atoms with E-state index in [2.05, 4.69) is 15.4 Å². The molecule has 13 heteroatoms. The summed E-state index contributed by atoms with van der Waals surface area (Å²) in [4.78, 5) is 27.8. The lowest BCUT2D eigenvalue weighted by Crippen LogP contribution is -2.52. The van der Waals surface area contributed by atoms with Crippen LogP contribution >= 0.6 is 0 Å². The number of carboxylic acid groups (broad SMARTS) is 1. The minimum absolute atomic E-state index is 0.0212. The normalized spacial score (nSPS) is 13.8. The van der Waals surface area contributed by atoms with Gasteiger partial charge in [0.15, 0.2) is 0 Å². The maximum Gasteiger partial charge on any atom is 0.490 e. The summed E-state index contributed by atoms with van der Waals surface area (Å²) in [6.07, 6.45) is -7.46. The number of alkyl halides is 6. The zero-order valence-corrected chi connectivity index (χ0v) is 11.6. The van der Waals surface area contributed by atoms with E-state index >= 15 is 0 Å². The van der Waals surface area contributed by atoms with Crippen LogP contribution in [0.4, 0.5) is 37.7 Å². The number of carbonyl (C=O) groups excluding carboxylic acids is 1. The van der Waals surface area contributed by atoms with Crippen molar-refractivity contribution in [3.8, 4) is 0 Å². The van der Waals surface area contributed by atoms with Gasteiger partial charge in [-0.15, -0.1) is 0 Å². The smallest absolute Gasteiger partial charge is 0.475 e. The van der Waals surface area contributed by atoms with Gasteiger partial charge in [0.05, 0.1) is 11.9 Å². The lowest BCUT2D eigenvalue weighted by atomic mass is 10.3. The SMILES string of the molecule is CC1=Nc2cnccc2N(C(=O)C(F)(F)F)N1.O=C(O)C(F)(F)F. The third-order valence-electron chi connectivity index (χ3n) is 2.27. The largest absolute Gasteiger partial charge is 0.490 e. The number of hydrazine groups is 1. The number of nitrogens with one attached hydrogen (secondary N) is 1. The summed E-state index contributed by atoms with van der Waals surface area (Å²) in [6, 6.07) is 1.28. The number of nitrogens with zero attached hydrogens (tertiary/aromatic N) is 3. The number of halogens is 6. The third kappa shape index (κ3) is 4.82. The third-order valence-corrected chi connectivity index (χ3v) is 2.27. The number of hydrogen-bond acceptors (Lipinski definition) is 5. The molecule has 1 amide bonds. The average Bonchev–Trinajstić information content (AvgIpc) is 2.44. The van der Waals surface area contributed by atoms with Crippen LogP contribution in [0.1, 0.15) is 6.92 Å². The highest BCUT2D eigenvalue weighted by atomic mass is 19.4. The molecule has 0 fully saturated rings. The van der Waals surface area contributed by atoms with Crippen LogP contribution in [0.15, 0.2) is 23.5 Å². The van der Waals surface area contributed by atoms with E-state index in [9.17, 15) is 31.1 Å². The molecule has 24 heavy (non-hydrogen) atoms. The molecule has 0 spiro atoms. The highest BCUT2D eigenvalue weighted by Gasteiger charge is 2.44. The molecule has 132 valence electrons. The van der Waals surface area contributed by atoms with E-state index in [0.29, 0.717) is 5.01 Å². The Kier molecular flexibility index (Phi) is 5.37. The fourth-order valence-electron chi connectivity index (χ4n) is 1.37. The van der Waals surface area contributed by atoms with Crippen molar-refractivity contribution in [2.45, 2.75) is 19.3 Å². The molecular weight excluding hydrogens is 350 g/mol. The van der Waals surface area contributed by atoms with Gasteiger partial charge in [0.25, 0.3) is 0 Å². The number of fused-ring (bicyclic) bond motifs is 1. The van der Waals surface area contributed by atoms with Gasteiger partial charge in [-0.05, 0) is 13.0 Å². The number of aromatic nitrogens is 1. The van der Waals surface area contributed by atoms with E-state index in [-0.39, 0.29) is 17.2 Å². The van der Waals surface area contributed by atoms with Crippen LogP contribution in [0.2, 0.25) is 0 Å². The second-order valence-electron chi connectivity index (χ2n) is 4.11. The van der Waals surface area contributed by atoms with E-state index in [1.165, 1.54) is 25.4 Å². The van der Waals surface area contributed by atoms with Crippen molar-refractivity contribution in [3.63, 3.8) is 0 Å². The van der Waals surface area contributed by atoms with E-state index in [1.54, 1.807) is 0 Å². The van der Waals surface area contributed by atoms with Gasteiger partial charge >= 0.3 is 24.2 Å². The van der Waals surface area contributed by atoms with Gasteiger partial charge in [-0.1, -0.05) is 0 Å². The number of carboxylic acids is 1. The van der Waals surface area contributed by atoms with Crippen LogP contribution in [0.25, 0.3) is 0 Å². The Morgan fingerprint density at radius 1 is 1.17 bits per heavy atom. The summed E-state index contributed by atoms with van der Waals surface area (Å²) in [5.74, 6) is -4.57. The first-order chi connectivity index (χ1) is 10.8. The first-order valence-corrected chi connectivity index (χ1v) is 5.81. The number of aliphatic carboxylic acids is 1. The Morgan fingerprint density at radius 3 is 2.17 bits per heavy atom. The summed E-state index contributed by atoms with van der Waals surface area (Å²) >= 11 is 0. The molecule has 2 rings (SSSR count). The second-order valence-corrected chi connectivity index (χ2v) is 4.11. The van der Waals surface area contributed by atoms with Crippen molar-refractivity contribution in [1.29, 1.82) is 0 Å². The van der Waals surface area contributed by atoms with Crippen molar-refractivity contribution in [2.75, 3.05) is 5.01 Å². The first-order valence-electron chi connectivity index (χ1n) is 5.81. The Hall–Kier alpha value is -2.86. The van der Waals surface area contributed by atoms with Crippen LogP contribution in [0, 0.1) is 0 Å². The molecule has 2 heterocycles. The summed E-state index contributed by atoms with van der Waals surface area (Å²) in [6.45, 7) is 1.45. The van der Waals surface area contributed by atoms with Crippen molar-refractivity contribution >= 4 is 29.1 Å². The number of anilines is 1. The number of rotatable bonds is 0. The van der Waals surface area contributed by atoms with Crippen LogP contribution in [0.5, 0.6) is 0 Å². The Labute approximate surface area is 129 Å². The van der Waals surface area contributed by atoms with Gasteiger partial charge in [-0.2, -0.15) is 26.3 Å². The number of hydrogen-bond donors (Lipinski definition) is 2. The maximum atomic E-state index is 12.4. The minimum Gasteiger partial charge on any atom is -0.475 e. The van der Waals surface area contributed by atoms with E-state index < -0.39 is 24.2 Å². The molecule has 1 aliphatic rings. The summed E-state index contributed by atoms with van der Waals surface area (Å²) in [7, 11) is 0. The molecule has 2 N–H and O–H groups in total. The number of pyridine rings is 1. The zero-order valence-electron chi connectivity index (χ0n) is 11.6. The zero-order chi connectivity index (χ0) is 18.7. The lowest BCUT2D eigenvalue weighted by Gasteiger charge is -2.28. The highest BCUT2D eigenvalue weighted by molar-refractivity contribution is 6.04. The topological polar surface area (TPSA) is 94.9 Å². The Balaban J connectivity index is 0.000000351. The number of aliphatic imine (C=N–C) groups is 1. The lowest BCUT2D eigenvalue weighted by molar-refractivity contribution is -0.192. The standard InChI is InChI=1S/C9H7F3N4O.C2HF3O2/c1-5-14-6-4-13-3-2-7(6)16(15-5)8(17)9(10,11)12;3-2(4,5)1(6)7/h2-4H,1H3,(H,14,15);(H,6,7). The first kappa shape index (κ1) is 19.2. The second kappa shape index (κ2) is 6.72. The van der Waals surface area contributed by atoms with E-state index in [0.717, 1.165) is 0 Å². The molecule has 1 aromatic heterocycles. The van der Waals surface area contributed by atoms with Crippen molar-refractivity contribution in [1.82, 2.24) is 10.4 Å². The van der Waals surface area contributed by atoms with Crippen molar-refractivity contribution < 1.29 is 41.0 Å². The van der Waals surface area contributed by atoms with E-state index in [4.69, 9.17) is 9.90 Å². The number of carbonyl (C=O) groups is 2. The molecule has 0 saturated heterocycles. The quantitative estimate of drug-likeness (QED) is 0.693. The molecule has 0 unspecified atom stereocenters. The van der Waals surface area contributed by atoms with Crippen LogP contribution in [0.3, 0.4) is 0 Å². The van der Waals surface area contributed by atoms with Gasteiger partial charge in [0.2, 0.25) is 0 Å². The molecule has 1 aromatic rings. The van der Waals surface area contributed by atoms with Crippen molar-refractivity contribution in [3.05, 3.63) is 18.5 Å². The van der Waals surface area contributed by atoms with Gasteiger partial charge in [-0.3, -0.25) is 15.2 Å². The molecule has 0 aliphatic carbocycles. The van der Waals surface area contributed by atoms with Crippen LogP contribution in [-0.4, -0.2) is 40.2 Å². The Morgan fingerprint density at radius 2 is 1.71 bits per heavy atom. The van der Waals surface area contributed by atoms with Crippen LogP contribution in [-0.2, 0) is 9.59 Å². The molecule has 0 atom stereocenters. The average molecular weight is 358 g/mol. The fourth-order valence-corrected chi connectivity index (χ4v) is 1.37. The molecular formula is C11H8F6N4O3. The van der Waals surface area contributed by atoms with E-state index in [1.807, 2.05) is 0 Å². The monoisotopic (exact) mass is 358 g/mol. The van der Waals surface area contributed by atoms with Gasteiger partial charge in [0, 0.05) is 6.20 Å². The molecule has 0 saturated carbocycles. The molecule has 1 aliphatic heterocycles. The predicted octanol–water partition coefficient (Wildman–Crippen LogP) is 2.18. The van der Waals surface area contributed by atoms with Gasteiger partial charge < -0.3 is 5.11 Å². The molecule has 0 bridgehead atoms. The number of amidine groups is 1. The predicted molar refractivity (Wildman–Crippen MR) is 67.4 cm³/mol. The molecule has 0 radical (unpaired) electrons. The van der Waals surface area contributed by atoms with Crippen LogP contribution < -0.4 is 10.4 Å². The van der Waals surface area contributed by atoms with Gasteiger partial charge in [-0.25, -0.2) is 14.8 Å². The number of amides is 1. The highest BCUT2D eigenvalue weighted by Crippen LogP contribution is 2.31. The summed E-state index contributed by atoms with van der Waals surface area (Å²) < 4.78 is 68.8. The fraction of sp³-hybridized carbons (Fsp3) is 0.273. The summed E-state index contributed by atoms with van der Waals surface area (Å²) in [5.41, 5.74) is 2.50. The maximum absolute atomic E-state index is 12.4. The summed E-state index contributed by atoms with van der Waals surface area (Å²) in [5, 5.41) is 7.54. The van der Waals surface area contributed by atoms with Crippen molar-refractivity contribution in [2.24, 2.45) is 4.99 Å². The Bertz CT molecular complexity index is 670.